The Morgan fingerprint density at radius 3 is 1.52 bits per heavy atom. The van der Waals surface area contributed by atoms with Crippen molar-refractivity contribution in [2.24, 2.45) is 11.3 Å². The van der Waals surface area contributed by atoms with E-state index >= 15 is 0 Å². The average Bonchev–Trinajstić information content (AvgIpc) is 2.45. The van der Waals surface area contributed by atoms with Gasteiger partial charge in [-0.2, -0.15) is 19.6 Å². The molecule has 0 radical (unpaired) electrons. The molecule has 1 heterocycles. The lowest BCUT2D eigenvalue weighted by molar-refractivity contribution is -0.663. The van der Waals surface area contributed by atoms with Gasteiger partial charge >= 0.3 is 0 Å². The van der Waals surface area contributed by atoms with Crippen molar-refractivity contribution >= 4 is 0 Å². The van der Waals surface area contributed by atoms with Gasteiger partial charge in [-0.05, 0) is 37.0 Å². The Morgan fingerprint density at radius 2 is 1.14 bits per heavy atom. The topological polar surface area (TPSA) is 57.2 Å². The molecule has 122 valence electrons. The van der Waals surface area contributed by atoms with E-state index in [1.165, 1.54) is 0 Å². The van der Waals surface area contributed by atoms with Crippen LogP contribution in [0.5, 0.6) is 0 Å². The van der Waals surface area contributed by atoms with Gasteiger partial charge in [0.15, 0.2) is 0 Å². The number of aliphatic hydroxyl groups is 1. The van der Waals surface area contributed by atoms with Crippen LogP contribution in [0.2, 0.25) is 0 Å². The van der Waals surface area contributed by atoms with Crippen LogP contribution >= 0.6 is 0 Å². The summed E-state index contributed by atoms with van der Waals surface area (Å²) in [5.41, 5.74) is 0.318. The first-order valence-electron chi connectivity index (χ1n) is 8.24. The summed E-state index contributed by atoms with van der Waals surface area (Å²) in [6, 6.07) is 0. The molecule has 2 spiro atoms. The Hall–Kier alpha value is -0.200. The first-order valence-corrected chi connectivity index (χ1v) is 8.24. The molecule has 3 fully saturated rings. The second-order valence-corrected chi connectivity index (χ2v) is 8.03. The van der Waals surface area contributed by atoms with Gasteiger partial charge in [-0.1, -0.05) is 20.8 Å². The number of rotatable bonds is 0. The van der Waals surface area contributed by atoms with Crippen LogP contribution in [0.1, 0.15) is 72.1 Å². The van der Waals surface area contributed by atoms with Gasteiger partial charge in [-0.25, -0.2) is 0 Å². The van der Waals surface area contributed by atoms with Gasteiger partial charge in [-0.15, -0.1) is 0 Å². The van der Waals surface area contributed by atoms with Crippen LogP contribution in [-0.4, -0.2) is 22.8 Å². The van der Waals surface area contributed by atoms with Crippen LogP contribution in [0, 0.1) is 11.3 Å². The van der Waals surface area contributed by atoms with Gasteiger partial charge in [0.25, 0.3) is 0 Å². The van der Waals surface area contributed by atoms with Crippen LogP contribution in [0.4, 0.5) is 0 Å². The summed E-state index contributed by atoms with van der Waals surface area (Å²) in [5, 5.41) is 9.58. The average molecular weight is 300 g/mol. The summed E-state index contributed by atoms with van der Waals surface area (Å²) >= 11 is 0. The normalized spacial score (nSPS) is 45.1. The van der Waals surface area contributed by atoms with Crippen molar-refractivity contribution in [1.29, 1.82) is 0 Å². The predicted octanol–water partition coefficient (Wildman–Crippen LogP) is 3.46. The lowest BCUT2D eigenvalue weighted by Gasteiger charge is -2.48. The zero-order valence-corrected chi connectivity index (χ0v) is 13.4. The fourth-order valence-corrected chi connectivity index (χ4v) is 3.63. The first kappa shape index (κ1) is 15.7. The highest BCUT2D eigenvalue weighted by Crippen LogP contribution is 2.47. The van der Waals surface area contributed by atoms with Crippen molar-refractivity contribution < 1.29 is 24.7 Å². The molecule has 0 aromatic rings. The molecule has 1 N–H and O–H groups in total. The number of hydrogen-bond acceptors (Lipinski definition) is 5. The second kappa shape index (κ2) is 5.46. The van der Waals surface area contributed by atoms with Crippen molar-refractivity contribution in [3.05, 3.63) is 0 Å². The lowest BCUT2D eigenvalue weighted by Crippen LogP contribution is -2.54. The molecule has 3 aliphatic rings. The van der Waals surface area contributed by atoms with E-state index < -0.39 is 11.6 Å². The van der Waals surface area contributed by atoms with E-state index in [0.29, 0.717) is 37.0 Å². The zero-order chi connectivity index (χ0) is 15.1. The molecular weight excluding hydrogens is 272 g/mol. The molecule has 0 atom stereocenters. The minimum absolute atomic E-state index is 0.263. The molecule has 1 saturated heterocycles. The van der Waals surface area contributed by atoms with E-state index in [2.05, 4.69) is 20.8 Å². The van der Waals surface area contributed by atoms with E-state index in [0.717, 1.165) is 25.7 Å². The van der Waals surface area contributed by atoms with E-state index in [4.69, 9.17) is 19.6 Å². The van der Waals surface area contributed by atoms with Gasteiger partial charge in [0, 0.05) is 25.7 Å². The van der Waals surface area contributed by atoms with Gasteiger partial charge in [0.05, 0.1) is 6.10 Å². The minimum Gasteiger partial charge on any atom is -0.393 e. The summed E-state index contributed by atoms with van der Waals surface area (Å²) in [4.78, 5) is 22.6. The van der Waals surface area contributed by atoms with E-state index in [1.807, 2.05) is 0 Å². The molecule has 0 aromatic carbocycles. The predicted molar refractivity (Wildman–Crippen MR) is 75.7 cm³/mol. The molecule has 2 aliphatic carbocycles. The van der Waals surface area contributed by atoms with Crippen molar-refractivity contribution in [2.45, 2.75) is 89.8 Å². The third-order valence-corrected chi connectivity index (χ3v) is 5.38. The summed E-state index contributed by atoms with van der Waals surface area (Å²) in [6.07, 6.45) is 5.98. The summed E-state index contributed by atoms with van der Waals surface area (Å²) in [5.74, 6) is -0.870. The highest BCUT2D eigenvalue weighted by Gasteiger charge is 2.52. The van der Waals surface area contributed by atoms with Crippen LogP contribution in [0.15, 0.2) is 0 Å². The molecule has 3 rings (SSSR count). The first-order chi connectivity index (χ1) is 9.83. The molecule has 2 saturated carbocycles. The molecule has 21 heavy (non-hydrogen) atoms. The van der Waals surface area contributed by atoms with E-state index in [-0.39, 0.29) is 6.10 Å². The number of hydrogen-bond donors (Lipinski definition) is 1. The maximum absolute atomic E-state index is 9.58. The number of aliphatic hydroxyl groups excluding tert-OH is 1. The Bertz CT molecular complexity index is 347. The van der Waals surface area contributed by atoms with Crippen molar-refractivity contribution in [2.75, 3.05) is 0 Å². The van der Waals surface area contributed by atoms with Crippen LogP contribution in [0.25, 0.3) is 0 Å². The highest BCUT2D eigenvalue weighted by atomic mass is 17.4. The third-order valence-electron chi connectivity index (χ3n) is 5.38. The fraction of sp³-hybridized carbons (Fsp3) is 1.00. The Morgan fingerprint density at radius 1 is 0.762 bits per heavy atom. The standard InChI is InChI=1S/C16H28O5/c1-14(2,3)12-4-8-15(9-5-12)18-20-16(21-19-15)10-6-13(17)7-11-16/h12-13,17H,4-11H2,1-3H3. The van der Waals surface area contributed by atoms with Gasteiger partial charge < -0.3 is 5.11 Å². The van der Waals surface area contributed by atoms with Crippen molar-refractivity contribution in [3.8, 4) is 0 Å². The molecule has 5 heteroatoms. The molecule has 0 bridgehead atoms. The smallest absolute Gasteiger partial charge is 0.234 e. The van der Waals surface area contributed by atoms with Gasteiger partial charge in [-0.3, -0.25) is 0 Å². The highest BCUT2D eigenvalue weighted by molar-refractivity contribution is 4.86. The summed E-state index contributed by atoms with van der Waals surface area (Å²) in [7, 11) is 0. The fourth-order valence-electron chi connectivity index (χ4n) is 3.63. The molecule has 0 unspecified atom stereocenters. The molecule has 0 aromatic heterocycles. The Labute approximate surface area is 126 Å². The molecule has 0 amide bonds. The molecular formula is C16H28O5. The molecule has 1 aliphatic heterocycles. The van der Waals surface area contributed by atoms with Gasteiger partial charge in [0.2, 0.25) is 11.6 Å². The lowest BCUT2D eigenvalue weighted by atomic mass is 9.71. The Balaban J connectivity index is 1.54. The maximum atomic E-state index is 9.58. The third kappa shape index (κ3) is 3.27. The second-order valence-electron chi connectivity index (χ2n) is 8.03. The monoisotopic (exact) mass is 300 g/mol. The maximum Gasteiger partial charge on any atom is 0.234 e. The SMILES string of the molecule is CC(C)(C)C1CCC2(CC1)OOC1(CCC(O)CC1)OO2. The quantitative estimate of drug-likeness (QED) is 0.694. The minimum atomic E-state index is -0.814. The van der Waals surface area contributed by atoms with Crippen LogP contribution < -0.4 is 0 Å². The van der Waals surface area contributed by atoms with Crippen LogP contribution in [0.3, 0.4) is 0 Å². The van der Waals surface area contributed by atoms with Crippen LogP contribution in [-0.2, 0) is 19.6 Å². The Kier molecular flexibility index (Phi) is 4.08. The van der Waals surface area contributed by atoms with Crippen molar-refractivity contribution in [1.82, 2.24) is 0 Å². The molecule has 5 nitrogen and oxygen atoms in total. The van der Waals surface area contributed by atoms with E-state index in [1.54, 1.807) is 0 Å². The summed E-state index contributed by atoms with van der Waals surface area (Å²) in [6.45, 7) is 6.86. The van der Waals surface area contributed by atoms with E-state index in [9.17, 15) is 5.11 Å². The van der Waals surface area contributed by atoms with Gasteiger partial charge in [0.1, 0.15) is 0 Å². The zero-order valence-electron chi connectivity index (χ0n) is 13.4. The van der Waals surface area contributed by atoms with Crippen molar-refractivity contribution in [3.63, 3.8) is 0 Å². The largest absolute Gasteiger partial charge is 0.393 e. The summed E-state index contributed by atoms with van der Waals surface area (Å²) < 4.78 is 0.